The zero-order valence-electron chi connectivity index (χ0n) is 6.54. The predicted octanol–water partition coefficient (Wildman–Crippen LogP) is -0.728. The van der Waals surface area contributed by atoms with Gasteiger partial charge in [0.1, 0.15) is 6.04 Å². The van der Waals surface area contributed by atoms with E-state index in [-0.39, 0.29) is 5.97 Å². The molecule has 2 N–H and O–H groups in total. The number of hydrogen-bond donors (Lipinski definition) is 2. The first-order valence-corrected chi connectivity index (χ1v) is 3.83. The van der Waals surface area contributed by atoms with Gasteiger partial charge < -0.3 is 15.2 Å². The second-order valence-electron chi connectivity index (χ2n) is 2.54. The maximum atomic E-state index is 11.0. The number of nitrogens with one attached hydrogen (secondary N) is 1. The van der Waals surface area contributed by atoms with E-state index in [4.69, 9.17) is 4.74 Å². The van der Waals surface area contributed by atoms with Gasteiger partial charge in [-0.3, -0.25) is 4.79 Å². The summed E-state index contributed by atoms with van der Waals surface area (Å²) < 4.78 is 4.73. The Balaban J connectivity index is 2.39. The van der Waals surface area contributed by atoms with Crippen molar-refractivity contribution in [3.8, 4) is 0 Å². The molecule has 1 fully saturated rings. The molecule has 0 aromatic rings. The second-order valence-corrected chi connectivity index (χ2v) is 2.54. The van der Waals surface area contributed by atoms with Gasteiger partial charge in [-0.1, -0.05) is 0 Å². The highest BCUT2D eigenvalue weighted by Gasteiger charge is 2.31. The Kier molecular flexibility index (Phi) is 2.84. The summed E-state index contributed by atoms with van der Waals surface area (Å²) >= 11 is 0. The van der Waals surface area contributed by atoms with Crippen LogP contribution in [0, 0.1) is 0 Å². The second kappa shape index (κ2) is 3.69. The highest BCUT2D eigenvalue weighted by Crippen LogP contribution is 2.07. The molecule has 1 rings (SSSR count). The molecular formula is C7H13NO3. The third kappa shape index (κ3) is 1.91. The Morgan fingerprint density at radius 2 is 2.55 bits per heavy atom. The van der Waals surface area contributed by atoms with Crippen LogP contribution in [0.15, 0.2) is 0 Å². The van der Waals surface area contributed by atoms with Crippen molar-refractivity contribution in [2.75, 3.05) is 13.2 Å². The van der Waals surface area contributed by atoms with E-state index in [9.17, 15) is 9.90 Å². The Bertz CT molecular complexity index is 149. The Labute approximate surface area is 65.5 Å². The summed E-state index contributed by atoms with van der Waals surface area (Å²) in [6.45, 7) is 2.80. The quantitative estimate of drug-likeness (QED) is 0.522. The van der Waals surface area contributed by atoms with E-state index in [0.717, 1.165) is 0 Å². The molecule has 0 aromatic heterocycles. The average Bonchev–Trinajstić information content (AvgIpc) is 2.36. The summed E-state index contributed by atoms with van der Waals surface area (Å²) in [5, 5.41) is 12.1. The summed E-state index contributed by atoms with van der Waals surface area (Å²) in [4.78, 5) is 11.0. The number of esters is 1. The zero-order chi connectivity index (χ0) is 8.27. The molecule has 0 bridgehead atoms. The molecule has 4 nitrogen and oxygen atoms in total. The molecular weight excluding hydrogens is 146 g/mol. The van der Waals surface area contributed by atoms with Crippen LogP contribution in [0.3, 0.4) is 0 Å². The molecule has 1 aliphatic heterocycles. The number of hydrogen-bond acceptors (Lipinski definition) is 4. The first-order chi connectivity index (χ1) is 5.25. The van der Waals surface area contributed by atoms with Crippen LogP contribution < -0.4 is 5.32 Å². The third-order valence-corrected chi connectivity index (χ3v) is 1.73. The van der Waals surface area contributed by atoms with Gasteiger partial charge in [-0.15, -0.1) is 0 Å². The van der Waals surface area contributed by atoms with Crippen molar-refractivity contribution in [1.29, 1.82) is 0 Å². The summed E-state index contributed by atoms with van der Waals surface area (Å²) in [5.41, 5.74) is 0. The van der Waals surface area contributed by atoms with Gasteiger partial charge in [0.15, 0.2) is 0 Å². The van der Waals surface area contributed by atoms with E-state index < -0.39 is 12.1 Å². The van der Waals surface area contributed by atoms with Gasteiger partial charge in [-0.25, -0.2) is 0 Å². The van der Waals surface area contributed by atoms with Crippen molar-refractivity contribution in [2.45, 2.75) is 25.5 Å². The maximum Gasteiger partial charge on any atom is 0.325 e. The van der Waals surface area contributed by atoms with Gasteiger partial charge in [0.2, 0.25) is 0 Å². The minimum atomic E-state index is -0.575. The first-order valence-electron chi connectivity index (χ1n) is 3.83. The fraction of sp³-hybridized carbons (Fsp3) is 0.857. The molecule has 11 heavy (non-hydrogen) atoms. The van der Waals surface area contributed by atoms with Gasteiger partial charge in [-0.05, 0) is 19.9 Å². The van der Waals surface area contributed by atoms with Crippen LogP contribution in [0.25, 0.3) is 0 Å². The summed E-state index contributed by atoms with van der Waals surface area (Å²) in [7, 11) is 0. The number of aliphatic hydroxyl groups excluding tert-OH is 1. The Morgan fingerprint density at radius 1 is 1.82 bits per heavy atom. The van der Waals surface area contributed by atoms with Crippen LogP contribution in [-0.4, -0.2) is 36.4 Å². The summed E-state index contributed by atoms with van der Waals surface area (Å²) in [6.07, 6.45) is 0.0535. The van der Waals surface area contributed by atoms with Crippen LogP contribution >= 0.6 is 0 Å². The van der Waals surface area contributed by atoms with Gasteiger partial charge in [0.25, 0.3) is 0 Å². The van der Waals surface area contributed by atoms with E-state index in [1.54, 1.807) is 6.92 Å². The molecule has 0 spiro atoms. The molecule has 1 saturated heterocycles. The first kappa shape index (κ1) is 8.49. The van der Waals surface area contributed by atoms with Crippen molar-refractivity contribution in [1.82, 2.24) is 5.32 Å². The lowest BCUT2D eigenvalue weighted by Crippen LogP contribution is -2.39. The minimum absolute atomic E-state index is 0.350. The van der Waals surface area contributed by atoms with Crippen LogP contribution in [0.4, 0.5) is 0 Å². The molecule has 0 aromatic carbocycles. The van der Waals surface area contributed by atoms with E-state index in [1.165, 1.54) is 0 Å². The number of carbonyl (C=O) groups is 1. The van der Waals surface area contributed by atoms with E-state index in [0.29, 0.717) is 19.6 Å². The van der Waals surface area contributed by atoms with Gasteiger partial charge in [0.05, 0.1) is 12.7 Å². The van der Waals surface area contributed by atoms with Gasteiger partial charge >= 0.3 is 5.97 Å². The van der Waals surface area contributed by atoms with Crippen molar-refractivity contribution in [3.05, 3.63) is 0 Å². The molecule has 64 valence electrons. The van der Waals surface area contributed by atoms with Crippen molar-refractivity contribution >= 4 is 5.97 Å². The summed E-state index contributed by atoms with van der Waals surface area (Å²) in [6, 6.07) is -0.505. The molecule has 0 unspecified atom stereocenters. The lowest BCUT2D eigenvalue weighted by Gasteiger charge is -2.12. The number of aliphatic hydroxyl groups is 1. The average molecular weight is 159 g/mol. The lowest BCUT2D eigenvalue weighted by molar-refractivity contribution is -0.147. The highest BCUT2D eigenvalue weighted by molar-refractivity contribution is 5.76. The largest absolute Gasteiger partial charge is 0.465 e. The Morgan fingerprint density at radius 3 is 3.00 bits per heavy atom. The number of carbonyl (C=O) groups excluding carboxylic acids is 1. The SMILES string of the molecule is CCOC(=O)[C@@H]1NCC[C@@H]1O. The predicted molar refractivity (Wildman–Crippen MR) is 39.0 cm³/mol. The van der Waals surface area contributed by atoms with E-state index >= 15 is 0 Å². The molecule has 4 heteroatoms. The minimum Gasteiger partial charge on any atom is -0.465 e. The normalized spacial score (nSPS) is 30.4. The molecule has 0 radical (unpaired) electrons. The standard InChI is InChI=1S/C7H13NO3/c1-2-11-7(10)6-5(9)3-4-8-6/h5-6,8-9H,2-4H2,1H3/t5-,6+/m0/s1. The molecule has 1 aliphatic rings. The van der Waals surface area contributed by atoms with Crippen molar-refractivity contribution in [3.63, 3.8) is 0 Å². The summed E-state index contributed by atoms with van der Waals surface area (Å²) in [5.74, 6) is -0.350. The van der Waals surface area contributed by atoms with Crippen molar-refractivity contribution < 1.29 is 14.6 Å². The van der Waals surface area contributed by atoms with E-state index in [1.807, 2.05) is 0 Å². The van der Waals surface area contributed by atoms with Crippen LogP contribution in [0.2, 0.25) is 0 Å². The molecule has 0 saturated carbocycles. The Hall–Kier alpha value is -0.610. The van der Waals surface area contributed by atoms with Gasteiger partial charge in [0, 0.05) is 0 Å². The molecule has 0 aliphatic carbocycles. The fourth-order valence-corrected chi connectivity index (χ4v) is 1.16. The molecule has 0 amide bonds. The number of rotatable bonds is 2. The lowest BCUT2D eigenvalue weighted by atomic mass is 10.2. The van der Waals surface area contributed by atoms with Gasteiger partial charge in [-0.2, -0.15) is 0 Å². The molecule has 1 heterocycles. The zero-order valence-corrected chi connectivity index (χ0v) is 6.54. The van der Waals surface area contributed by atoms with Crippen LogP contribution in [0.5, 0.6) is 0 Å². The molecule has 2 atom stereocenters. The van der Waals surface area contributed by atoms with E-state index in [2.05, 4.69) is 5.32 Å². The third-order valence-electron chi connectivity index (χ3n) is 1.73. The topological polar surface area (TPSA) is 58.6 Å². The maximum absolute atomic E-state index is 11.0. The number of ether oxygens (including phenoxy) is 1. The van der Waals surface area contributed by atoms with Crippen molar-refractivity contribution in [2.24, 2.45) is 0 Å². The highest BCUT2D eigenvalue weighted by atomic mass is 16.5. The smallest absolute Gasteiger partial charge is 0.325 e. The fourth-order valence-electron chi connectivity index (χ4n) is 1.16. The monoisotopic (exact) mass is 159 g/mol. The van der Waals surface area contributed by atoms with Crippen LogP contribution in [-0.2, 0) is 9.53 Å². The van der Waals surface area contributed by atoms with Crippen LogP contribution in [0.1, 0.15) is 13.3 Å².